The Morgan fingerprint density at radius 3 is 2.06 bits per heavy atom. The van der Waals surface area contributed by atoms with Crippen molar-refractivity contribution in [1.29, 1.82) is 0 Å². The smallest absolute Gasteiger partial charge is 0.286 e. The standard InChI is InChI=1S/C28H36N4O2/c1-6-9-18-32-19-21(5)25(22-12-10-20(4)11-13-22)26(32)28(34)30-29-27(33)23-14-16-24(17-15-23)31(7-2)8-3/h10-17,19H,6-9,18H2,1-5H3,(H,29,33)(H,30,34). The van der Waals surface area contributed by atoms with E-state index in [0.717, 1.165) is 60.4 Å². The van der Waals surface area contributed by atoms with E-state index >= 15 is 0 Å². The Morgan fingerprint density at radius 1 is 0.853 bits per heavy atom. The molecule has 0 aliphatic heterocycles. The number of benzene rings is 2. The molecule has 0 aliphatic carbocycles. The maximum atomic E-state index is 13.3. The summed E-state index contributed by atoms with van der Waals surface area (Å²) < 4.78 is 1.99. The maximum Gasteiger partial charge on any atom is 0.286 e. The van der Waals surface area contributed by atoms with Crippen molar-refractivity contribution in [2.24, 2.45) is 0 Å². The molecule has 0 radical (unpaired) electrons. The van der Waals surface area contributed by atoms with Gasteiger partial charge >= 0.3 is 0 Å². The van der Waals surface area contributed by atoms with Crippen molar-refractivity contribution in [3.63, 3.8) is 0 Å². The van der Waals surface area contributed by atoms with Gasteiger partial charge < -0.3 is 9.47 Å². The van der Waals surface area contributed by atoms with Gasteiger partial charge in [0.05, 0.1) is 0 Å². The second-order valence-corrected chi connectivity index (χ2v) is 8.58. The monoisotopic (exact) mass is 460 g/mol. The molecular weight excluding hydrogens is 424 g/mol. The molecule has 3 aromatic rings. The van der Waals surface area contributed by atoms with Crippen molar-refractivity contribution in [2.45, 2.75) is 54.0 Å². The van der Waals surface area contributed by atoms with Gasteiger partial charge in [-0.25, -0.2) is 0 Å². The van der Waals surface area contributed by atoms with E-state index in [-0.39, 0.29) is 11.8 Å². The summed E-state index contributed by atoms with van der Waals surface area (Å²) in [5.74, 6) is -0.674. The van der Waals surface area contributed by atoms with Crippen molar-refractivity contribution >= 4 is 17.5 Å². The zero-order valence-electron chi connectivity index (χ0n) is 20.9. The predicted molar refractivity (Wildman–Crippen MR) is 139 cm³/mol. The van der Waals surface area contributed by atoms with Crippen LogP contribution in [0.1, 0.15) is 65.6 Å². The van der Waals surface area contributed by atoms with Gasteiger partial charge in [-0.3, -0.25) is 20.4 Å². The van der Waals surface area contributed by atoms with Crippen molar-refractivity contribution in [2.75, 3.05) is 18.0 Å². The van der Waals surface area contributed by atoms with Crippen LogP contribution in [-0.4, -0.2) is 29.5 Å². The fourth-order valence-electron chi connectivity index (χ4n) is 4.18. The fourth-order valence-corrected chi connectivity index (χ4v) is 4.18. The molecule has 0 saturated carbocycles. The topological polar surface area (TPSA) is 66.4 Å². The molecular formula is C28H36N4O2. The third-order valence-electron chi connectivity index (χ3n) is 6.12. The lowest BCUT2D eigenvalue weighted by molar-refractivity contribution is 0.0841. The number of hydrogen-bond acceptors (Lipinski definition) is 3. The highest BCUT2D eigenvalue weighted by atomic mass is 16.2. The molecule has 0 bridgehead atoms. The molecule has 0 saturated heterocycles. The average molecular weight is 461 g/mol. The Kier molecular flexibility index (Phi) is 8.52. The van der Waals surface area contributed by atoms with Crippen LogP contribution in [-0.2, 0) is 6.54 Å². The number of aromatic nitrogens is 1. The number of anilines is 1. The minimum absolute atomic E-state index is 0.326. The Labute approximate surface area is 202 Å². The molecule has 0 aliphatic rings. The first-order chi connectivity index (χ1) is 16.4. The van der Waals surface area contributed by atoms with Gasteiger partial charge in [0.1, 0.15) is 5.69 Å². The lowest BCUT2D eigenvalue weighted by Gasteiger charge is -2.21. The molecule has 6 heteroatoms. The Morgan fingerprint density at radius 2 is 1.47 bits per heavy atom. The predicted octanol–water partition coefficient (Wildman–Crippen LogP) is 5.49. The molecule has 1 aromatic heterocycles. The summed E-state index contributed by atoms with van der Waals surface area (Å²) >= 11 is 0. The van der Waals surface area contributed by atoms with Crippen molar-refractivity contribution in [3.05, 3.63) is 77.1 Å². The summed E-state index contributed by atoms with van der Waals surface area (Å²) in [6.07, 6.45) is 4.01. The van der Waals surface area contributed by atoms with E-state index < -0.39 is 0 Å². The summed E-state index contributed by atoms with van der Waals surface area (Å²) in [7, 11) is 0. The third-order valence-corrected chi connectivity index (χ3v) is 6.12. The van der Waals surface area contributed by atoms with E-state index in [0.29, 0.717) is 11.3 Å². The zero-order valence-corrected chi connectivity index (χ0v) is 20.9. The first kappa shape index (κ1) is 25.1. The number of carbonyl (C=O) groups is 2. The Bertz CT molecular complexity index is 1110. The van der Waals surface area contributed by atoms with Gasteiger partial charge in [0.15, 0.2) is 0 Å². The molecule has 2 N–H and O–H groups in total. The van der Waals surface area contributed by atoms with Crippen LogP contribution in [0.25, 0.3) is 11.1 Å². The molecule has 2 amide bonds. The number of aryl methyl sites for hydroxylation is 3. The fraction of sp³-hybridized carbons (Fsp3) is 0.357. The Hall–Kier alpha value is -3.54. The summed E-state index contributed by atoms with van der Waals surface area (Å²) in [6, 6.07) is 15.6. The Balaban J connectivity index is 1.80. The van der Waals surface area contributed by atoms with Crippen molar-refractivity contribution < 1.29 is 9.59 Å². The van der Waals surface area contributed by atoms with Gasteiger partial charge in [0, 0.05) is 42.6 Å². The van der Waals surface area contributed by atoms with Crippen molar-refractivity contribution in [1.82, 2.24) is 15.4 Å². The number of nitrogens with zero attached hydrogens (tertiary/aromatic N) is 2. The van der Waals surface area contributed by atoms with Crippen LogP contribution in [0.5, 0.6) is 0 Å². The number of rotatable bonds is 9. The molecule has 0 spiro atoms. The molecule has 0 fully saturated rings. The molecule has 3 rings (SSSR count). The quantitative estimate of drug-likeness (QED) is 0.415. The molecule has 6 nitrogen and oxygen atoms in total. The van der Waals surface area contributed by atoms with E-state index in [2.05, 4.69) is 36.5 Å². The van der Waals surface area contributed by atoms with Crippen LogP contribution in [0, 0.1) is 13.8 Å². The lowest BCUT2D eigenvalue weighted by atomic mass is 10.0. The minimum atomic E-state index is -0.347. The van der Waals surface area contributed by atoms with E-state index in [1.54, 1.807) is 12.1 Å². The van der Waals surface area contributed by atoms with Crippen LogP contribution in [0.2, 0.25) is 0 Å². The molecule has 2 aromatic carbocycles. The van der Waals surface area contributed by atoms with E-state index in [1.165, 1.54) is 0 Å². The second-order valence-electron chi connectivity index (χ2n) is 8.58. The van der Waals surface area contributed by atoms with E-state index in [9.17, 15) is 9.59 Å². The number of hydrazine groups is 1. The summed E-state index contributed by atoms with van der Waals surface area (Å²) in [6.45, 7) is 12.9. The lowest BCUT2D eigenvalue weighted by Crippen LogP contribution is -2.42. The molecule has 34 heavy (non-hydrogen) atoms. The van der Waals surface area contributed by atoms with Gasteiger partial charge in [-0.05, 0) is 69.5 Å². The van der Waals surface area contributed by atoms with E-state index in [1.807, 2.05) is 61.0 Å². The average Bonchev–Trinajstić information content (AvgIpc) is 3.18. The minimum Gasteiger partial charge on any atom is -0.372 e. The number of hydrogen-bond donors (Lipinski definition) is 2. The van der Waals surface area contributed by atoms with Gasteiger partial charge in [-0.2, -0.15) is 0 Å². The van der Waals surface area contributed by atoms with Crippen LogP contribution in [0.4, 0.5) is 5.69 Å². The number of nitrogens with one attached hydrogen (secondary N) is 2. The number of amides is 2. The van der Waals surface area contributed by atoms with Gasteiger partial charge in [-0.15, -0.1) is 0 Å². The normalized spacial score (nSPS) is 10.7. The highest BCUT2D eigenvalue weighted by molar-refractivity contribution is 6.02. The maximum absolute atomic E-state index is 13.3. The summed E-state index contributed by atoms with van der Waals surface area (Å²) in [4.78, 5) is 28.2. The third kappa shape index (κ3) is 5.68. The van der Waals surface area contributed by atoms with Crippen LogP contribution in [0.3, 0.4) is 0 Å². The highest BCUT2D eigenvalue weighted by Crippen LogP contribution is 2.30. The highest BCUT2D eigenvalue weighted by Gasteiger charge is 2.22. The van der Waals surface area contributed by atoms with Gasteiger partial charge in [0.25, 0.3) is 11.8 Å². The van der Waals surface area contributed by atoms with Crippen LogP contribution < -0.4 is 15.8 Å². The SMILES string of the molecule is CCCCn1cc(C)c(-c2ccc(C)cc2)c1C(=O)NNC(=O)c1ccc(N(CC)CC)cc1. The van der Waals surface area contributed by atoms with Crippen LogP contribution >= 0.6 is 0 Å². The first-order valence-corrected chi connectivity index (χ1v) is 12.1. The van der Waals surface area contributed by atoms with Crippen LogP contribution in [0.15, 0.2) is 54.7 Å². The summed E-state index contributed by atoms with van der Waals surface area (Å²) in [5.41, 5.74) is 11.4. The first-order valence-electron chi connectivity index (χ1n) is 12.1. The largest absolute Gasteiger partial charge is 0.372 e. The number of unbranched alkanes of at least 4 members (excludes halogenated alkanes) is 1. The molecule has 1 heterocycles. The molecule has 0 unspecified atom stereocenters. The van der Waals surface area contributed by atoms with E-state index in [4.69, 9.17) is 0 Å². The molecule has 0 atom stereocenters. The molecule has 180 valence electrons. The van der Waals surface area contributed by atoms with Crippen molar-refractivity contribution in [3.8, 4) is 11.1 Å². The van der Waals surface area contributed by atoms with Gasteiger partial charge in [0.2, 0.25) is 0 Å². The second kappa shape index (κ2) is 11.5. The zero-order chi connectivity index (χ0) is 24.7. The van der Waals surface area contributed by atoms with Gasteiger partial charge in [-0.1, -0.05) is 43.2 Å². The summed E-state index contributed by atoms with van der Waals surface area (Å²) in [5, 5.41) is 0. The number of carbonyl (C=O) groups excluding carboxylic acids is 2.